The summed E-state index contributed by atoms with van der Waals surface area (Å²) in [5.74, 6) is 0.423. The van der Waals surface area contributed by atoms with Crippen molar-refractivity contribution in [1.82, 2.24) is 14.5 Å². The van der Waals surface area contributed by atoms with Gasteiger partial charge in [0.15, 0.2) is 5.65 Å². The second-order valence-electron chi connectivity index (χ2n) is 5.51. The lowest BCUT2D eigenvalue weighted by Gasteiger charge is -2.16. The van der Waals surface area contributed by atoms with E-state index in [0.717, 1.165) is 36.6 Å². The lowest BCUT2D eigenvalue weighted by molar-refractivity contribution is 0.512. The quantitative estimate of drug-likeness (QED) is 0.598. The minimum Gasteiger partial charge on any atom is -0.609 e. The summed E-state index contributed by atoms with van der Waals surface area (Å²) < 4.78 is 14.0. The van der Waals surface area contributed by atoms with Crippen LogP contribution in [0.3, 0.4) is 0 Å². The number of rotatable bonds is 1. The standard InChI is InChI=1S/C14H15N3O2S.CH4/c18-13-9-5-6-20(19)14-15-8-10(7-9)12(16-14)17(13)11-3-1-2-4-11;/h7-8,11H,1-6H2;1H4. The third-order valence-electron chi connectivity index (χ3n) is 4.28. The van der Waals surface area contributed by atoms with E-state index < -0.39 is 11.2 Å². The molecule has 0 amide bonds. The molecule has 0 saturated heterocycles. The molecule has 0 spiro atoms. The molecule has 4 heterocycles. The normalized spacial score (nSPS) is 21.5. The Morgan fingerprint density at radius 2 is 2.10 bits per heavy atom. The number of hydrogen-bond acceptors (Lipinski definition) is 4. The van der Waals surface area contributed by atoms with Gasteiger partial charge in [-0.1, -0.05) is 20.3 Å². The number of fused-ring (bicyclic) bond motifs is 4. The largest absolute Gasteiger partial charge is 0.609 e. The highest BCUT2D eigenvalue weighted by molar-refractivity contribution is 7.91. The maximum absolute atomic E-state index is 12.7. The average Bonchev–Trinajstić information content (AvgIpc) is 3.00. The molecule has 3 aliphatic rings. The molecule has 6 heteroatoms. The molecule has 0 aromatic carbocycles. The molecule has 5 rings (SSSR count). The van der Waals surface area contributed by atoms with E-state index in [2.05, 4.69) is 9.97 Å². The minimum absolute atomic E-state index is 0. The van der Waals surface area contributed by atoms with Gasteiger partial charge in [0.2, 0.25) is 0 Å². The van der Waals surface area contributed by atoms with E-state index in [1.165, 1.54) is 0 Å². The van der Waals surface area contributed by atoms with E-state index in [9.17, 15) is 9.35 Å². The van der Waals surface area contributed by atoms with Crippen molar-refractivity contribution in [3.05, 3.63) is 28.2 Å². The third kappa shape index (κ3) is 2.26. The monoisotopic (exact) mass is 305 g/mol. The Morgan fingerprint density at radius 1 is 1.33 bits per heavy atom. The van der Waals surface area contributed by atoms with Crippen LogP contribution >= 0.6 is 0 Å². The van der Waals surface area contributed by atoms with Crippen LogP contribution in [0.4, 0.5) is 0 Å². The summed E-state index contributed by atoms with van der Waals surface area (Å²) >= 11 is -1.21. The van der Waals surface area contributed by atoms with E-state index >= 15 is 0 Å². The fourth-order valence-corrected chi connectivity index (χ4v) is 4.19. The van der Waals surface area contributed by atoms with Gasteiger partial charge in [0.1, 0.15) is 5.75 Å². The number of aromatic nitrogens is 3. The Kier molecular flexibility index (Phi) is 3.75. The first kappa shape index (κ1) is 14.5. The topological polar surface area (TPSA) is 70.8 Å². The maximum atomic E-state index is 12.7. The van der Waals surface area contributed by atoms with Crippen LogP contribution in [0.1, 0.15) is 44.7 Å². The summed E-state index contributed by atoms with van der Waals surface area (Å²) in [6.45, 7) is 0. The lowest BCUT2D eigenvalue weighted by atomic mass is 10.1. The van der Waals surface area contributed by atoms with Gasteiger partial charge in [-0.2, -0.15) is 9.97 Å². The Hall–Kier alpha value is -1.40. The van der Waals surface area contributed by atoms with Crippen molar-refractivity contribution in [2.24, 2.45) is 0 Å². The van der Waals surface area contributed by atoms with Gasteiger partial charge in [-0.25, -0.2) is 0 Å². The van der Waals surface area contributed by atoms with Crippen molar-refractivity contribution in [2.75, 3.05) is 5.75 Å². The van der Waals surface area contributed by atoms with Crippen molar-refractivity contribution in [3.8, 4) is 0 Å². The first-order valence-electron chi connectivity index (χ1n) is 7.03. The number of hydrogen-bond donors (Lipinski definition) is 0. The van der Waals surface area contributed by atoms with Crippen LogP contribution in [-0.2, 0) is 17.6 Å². The molecule has 4 bridgehead atoms. The van der Waals surface area contributed by atoms with Crippen LogP contribution < -0.4 is 5.56 Å². The van der Waals surface area contributed by atoms with Gasteiger partial charge in [-0.15, -0.1) is 0 Å². The summed E-state index contributed by atoms with van der Waals surface area (Å²) in [5.41, 5.74) is 1.45. The van der Waals surface area contributed by atoms with E-state index in [1.807, 2.05) is 10.6 Å². The zero-order chi connectivity index (χ0) is 13.7. The molecule has 0 radical (unpaired) electrons. The first-order chi connectivity index (χ1) is 9.74. The van der Waals surface area contributed by atoms with Crippen molar-refractivity contribution in [2.45, 2.75) is 50.7 Å². The summed E-state index contributed by atoms with van der Waals surface area (Å²) in [6.07, 6.45) is 6.62. The Bertz CT molecular complexity index is 738. The van der Waals surface area contributed by atoms with Gasteiger partial charge in [0.25, 0.3) is 5.56 Å². The second-order valence-corrected chi connectivity index (χ2v) is 6.98. The molecule has 1 saturated carbocycles. The van der Waals surface area contributed by atoms with E-state index in [-0.39, 0.29) is 19.0 Å². The molecular weight excluding hydrogens is 286 g/mol. The SMILES string of the molecule is C.O=c1c2cc3cnc(nc3n1C1CCCC1)[S+]([O-])CC2. The molecule has 21 heavy (non-hydrogen) atoms. The summed E-state index contributed by atoms with van der Waals surface area (Å²) in [7, 11) is 0. The molecule has 2 aromatic heterocycles. The first-order valence-corrected chi connectivity index (χ1v) is 8.35. The van der Waals surface area contributed by atoms with Gasteiger partial charge in [0.05, 0.1) is 0 Å². The van der Waals surface area contributed by atoms with Crippen molar-refractivity contribution >= 4 is 22.2 Å². The molecule has 5 nitrogen and oxygen atoms in total. The van der Waals surface area contributed by atoms with Crippen LogP contribution in [0.25, 0.3) is 11.0 Å². The van der Waals surface area contributed by atoms with Crippen LogP contribution in [0.2, 0.25) is 0 Å². The molecular formula is C15H19N3O2S. The summed E-state index contributed by atoms with van der Waals surface area (Å²) in [4.78, 5) is 21.3. The van der Waals surface area contributed by atoms with E-state index in [1.54, 1.807) is 6.20 Å². The molecule has 1 atom stereocenters. The maximum Gasteiger partial charge on any atom is 0.344 e. The molecule has 112 valence electrons. The second kappa shape index (κ2) is 5.42. The summed E-state index contributed by atoms with van der Waals surface area (Å²) in [6, 6.07) is 2.11. The fourth-order valence-electron chi connectivity index (χ4n) is 3.25. The van der Waals surface area contributed by atoms with Gasteiger partial charge in [-0.05, 0) is 18.9 Å². The molecule has 2 aliphatic heterocycles. The van der Waals surface area contributed by atoms with Crippen LogP contribution in [0.15, 0.2) is 22.2 Å². The highest BCUT2D eigenvalue weighted by Crippen LogP contribution is 2.31. The van der Waals surface area contributed by atoms with Crippen molar-refractivity contribution in [1.29, 1.82) is 0 Å². The minimum atomic E-state index is -1.21. The molecule has 1 aliphatic carbocycles. The van der Waals surface area contributed by atoms with Crippen LogP contribution in [0.5, 0.6) is 0 Å². The van der Waals surface area contributed by atoms with Gasteiger partial charge >= 0.3 is 5.16 Å². The fraction of sp³-hybridized carbons (Fsp3) is 0.533. The highest BCUT2D eigenvalue weighted by atomic mass is 32.2. The van der Waals surface area contributed by atoms with Gasteiger partial charge in [-0.3, -0.25) is 9.36 Å². The lowest BCUT2D eigenvalue weighted by Crippen LogP contribution is -2.27. The Balaban J connectivity index is 0.00000132. The zero-order valence-electron chi connectivity index (χ0n) is 11.0. The Labute approximate surface area is 126 Å². The average molecular weight is 305 g/mol. The smallest absolute Gasteiger partial charge is 0.344 e. The third-order valence-corrected chi connectivity index (χ3v) is 5.45. The van der Waals surface area contributed by atoms with Crippen LogP contribution in [-0.4, -0.2) is 24.8 Å². The number of pyridine rings is 1. The molecule has 1 fully saturated rings. The molecule has 1 unspecified atom stereocenters. The van der Waals surface area contributed by atoms with E-state index in [4.69, 9.17) is 0 Å². The predicted molar refractivity (Wildman–Crippen MR) is 83.0 cm³/mol. The van der Waals surface area contributed by atoms with Crippen molar-refractivity contribution < 1.29 is 4.55 Å². The molecule has 2 aromatic rings. The van der Waals surface area contributed by atoms with Crippen LogP contribution in [0, 0.1) is 0 Å². The van der Waals surface area contributed by atoms with Gasteiger partial charge in [0, 0.05) is 40.8 Å². The number of aryl methyl sites for hydroxylation is 1. The summed E-state index contributed by atoms with van der Waals surface area (Å²) in [5, 5.41) is 1.24. The molecule has 0 N–H and O–H groups in total. The van der Waals surface area contributed by atoms with Crippen molar-refractivity contribution in [3.63, 3.8) is 0 Å². The van der Waals surface area contributed by atoms with E-state index in [0.29, 0.717) is 23.0 Å². The zero-order valence-corrected chi connectivity index (χ0v) is 11.9. The Morgan fingerprint density at radius 3 is 2.86 bits per heavy atom. The number of nitrogens with zero attached hydrogens (tertiary/aromatic N) is 3. The predicted octanol–water partition coefficient (Wildman–Crippen LogP) is 2.21. The van der Waals surface area contributed by atoms with Gasteiger partial charge < -0.3 is 4.55 Å². The highest BCUT2D eigenvalue weighted by Gasteiger charge is 2.26.